The number of nitrogens with zero attached hydrogens (tertiary/aromatic N) is 4. The Morgan fingerprint density at radius 3 is 2.89 bits per heavy atom. The van der Waals surface area contributed by atoms with Crippen LogP contribution in [0.25, 0.3) is 0 Å². The number of hydrogen-bond donors (Lipinski definition) is 2. The van der Waals surface area contributed by atoms with Crippen LogP contribution >= 0.6 is 0 Å². The zero-order chi connectivity index (χ0) is 13.0. The summed E-state index contributed by atoms with van der Waals surface area (Å²) in [6.45, 7) is 5.56. The van der Waals surface area contributed by atoms with Gasteiger partial charge >= 0.3 is 6.01 Å². The van der Waals surface area contributed by atoms with Crippen molar-refractivity contribution in [2.24, 2.45) is 7.05 Å². The first-order valence-corrected chi connectivity index (χ1v) is 5.99. The molecule has 0 amide bonds. The molecule has 2 heterocycles. The molecule has 0 aliphatic carbocycles. The van der Waals surface area contributed by atoms with Crippen molar-refractivity contribution >= 4 is 11.7 Å². The van der Waals surface area contributed by atoms with Gasteiger partial charge in [0.05, 0.1) is 17.9 Å². The summed E-state index contributed by atoms with van der Waals surface area (Å²) < 4.78 is 7.20. The minimum atomic E-state index is 0.388. The van der Waals surface area contributed by atoms with Gasteiger partial charge in [-0.2, -0.15) is 5.10 Å². The Labute approximate surface area is 106 Å². The van der Waals surface area contributed by atoms with Gasteiger partial charge in [-0.1, -0.05) is 12.0 Å². The fourth-order valence-corrected chi connectivity index (χ4v) is 1.59. The van der Waals surface area contributed by atoms with Gasteiger partial charge in [0.25, 0.3) is 0 Å². The summed E-state index contributed by atoms with van der Waals surface area (Å²) in [5, 5.41) is 18.4. The highest BCUT2D eigenvalue weighted by Gasteiger charge is 2.09. The van der Waals surface area contributed by atoms with Gasteiger partial charge in [-0.3, -0.25) is 4.68 Å². The van der Waals surface area contributed by atoms with E-state index in [1.807, 2.05) is 20.2 Å². The molecule has 7 heteroatoms. The van der Waals surface area contributed by atoms with E-state index in [2.05, 4.69) is 32.9 Å². The number of rotatable bonds is 6. The zero-order valence-corrected chi connectivity index (χ0v) is 10.9. The maximum atomic E-state index is 5.47. The Balaban J connectivity index is 1.96. The minimum Gasteiger partial charge on any atom is -0.406 e. The molecule has 0 aliphatic heterocycles. The molecule has 2 rings (SSSR count). The fourth-order valence-electron chi connectivity index (χ4n) is 1.59. The maximum absolute atomic E-state index is 5.47. The van der Waals surface area contributed by atoms with Gasteiger partial charge in [-0.05, 0) is 19.9 Å². The van der Waals surface area contributed by atoms with Crippen LogP contribution in [0.2, 0.25) is 0 Å². The second-order valence-corrected chi connectivity index (χ2v) is 4.10. The first kappa shape index (κ1) is 12.6. The number of hydrogen-bond acceptors (Lipinski definition) is 6. The molecule has 0 radical (unpaired) electrons. The van der Waals surface area contributed by atoms with Gasteiger partial charge in [-0.25, -0.2) is 0 Å². The highest BCUT2D eigenvalue weighted by Crippen LogP contribution is 2.17. The van der Waals surface area contributed by atoms with Gasteiger partial charge < -0.3 is 15.1 Å². The average molecular weight is 250 g/mol. The van der Waals surface area contributed by atoms with Gasteiger partial charge in [0.2, 0.25) is 5.89 Å². The van der Waals surface area contributed by atoms with Crippen molar-refractivity contribution in [2.45, 2.75) is 26.8 Å². The Morgan fingerprint density at radius 1 is 1.39 bits per heavy atom. The van der Waals surface area contributed by atoms with Crippen molar-refractivity contribution < 1.29 is 4.42 Å². The molecule has 0 saturated carbocycles. The summed E-state index contributed by atoms with van der Waals surface area (Å²) in [5.74, 6) is 0.576. The van der Waals surface area contributed by atoms with Gasteiger partial charge in [0.1, 0.15) is 0 Å². The van der Waals surface area contributed by atoms with E-state index in [0.717, 1.165) is 24.3 Å². The summed E-state index contributed by atoms with van der Waals surface area (Å²) in [5.41, 5.74) is 1.76. The molecule has 2 N–H and O–H groups in total. The van der Waals surface area contributed by atoms with E-state index in [-0.39, 0.29) is 0 Å². The molecular formula is C11H18N6O. The van der Waals surface area contributed by atoms with Gasteiger partial charge in [-0.15, -0.1) is 5.10 Å². The largest absolute Gasteiger partial charge is 0.406 e. The topological polar surface area (TPSA) is 80.8 Å². The normalized spacial score (nSPS) is 10.8. The van der Waals surface area contributed by atoms with E-state index >= 15 is 0 Å². The van der Waals surface area contributed by atoms with E-state index in [4.69, 9.17) is 4.42 Å². The third-order valence-corrected chi connectivity index (χ3v) is 2.42. The van der Waals surface area contributed by atoms with Crippen molar-refractivity contribution in [3.05, 3.63) is 17.8 Å². The lowest BCUT2D eigenvalue weighted by molar-refractivity contribution is 0.479. The summed E-state index contributed by atoms with van der Waals surface area (Å²) >= 11 is 0. The van der Waals surface area contributed by atoms with Crippen LogP contribution in [0.3, 0.4) is 0 Å². The maximum Gasteiger partial charge on any atom is 0.320 e. The molecule has 0 saturated heterocycles. The molecule has 0 spiro atoms. The van der Waals surface area contributed by atoms with Crippen LogP contribution < -0.4 is 10.6 Å². The summed E-state index contributed by atoms with van der Waals surface area (Å²) in [6.07, 6.45) is 2.95. The molecule has 2 aromatic heterocycles. The molecule has 0 unspecified atom stereocenters. The van der Waals surface area contributed by atoms with E-state index < -0.39 is 0 Å². The SMILES string of the molecule is CCCNCc1nnc(Nc2cn(C)nc2C)o1. The molecule has 0 aromatic carbocycles. The Bertz CT molecular complexity index is 503. The minimum absolute atomic E-state index is 0.388. The van der Waals surface area contributed by atoms with Crippen molar-refractivity contribution in [3.63, 3.8) is 0 Å². The van der Waals surface area contributed by atoms with Crippen LogP contribution in [0.15, 0.2) is 10.6 Å². The monoisotopic (exact) mass is 250 g/mol. The van der Waals surface area contributed by atoms with Crippen molar-refractivity contribution in [1.82, 2.24) is 25.3 Å². The molecule has 2 aromatic rings. The number of anilines is 2. The highest BCUT2D eigenvalue weighted by molar-refractivity contribution is 5.53. The lowest BCUT2D eigenvalue weighted by Gasteiger charge is -1.98. The number of aromatic nitrogens is 4. The third kappa shape index (κ3) is 3.07. The second kappa shape index (κ2) is 5.63. The van der Waals surface area contributed by atoms with Crippen LogP contribution in [-0.2, 0) is 13.6 Å². The predicted octanol–water partition coefficient (Wildman–Crippen LogP) is 1.35. The van der Waals surface area contributed by atoms with E-state index in [0.29, 0.717) is 18.5 Å². The van der Waals surface area contributed by atoms with Crippen LogP contribution in [-0.4, -0.2) is 26.5 Å². The molecule has 18 heavy (non-hydrogen) atoms. The summed E-state index contributed by atoms with van der Waals surface area (Å²) in [4.78, 5) is 0. The van der Waals surface area contributed by atoms with E-state index in [9.17, 15) is 0 Å². The first-order chi connectivity index (χ1) is 8.69. The summed E-state index contributed by atoms with van der Waals surface area (Å²) in [7, 11) is 1.87. The van der Waals surface area contributed by atoms with E-state index in [1.54, 1.807) is 4.68 Å². The van der Waals surface area contributed by atoms with Crippen molar-refractivity contribution in [1.29, 1.82) is 0 Å². The Kier molecular flexibility index (Phi) is 3.93. The number of aryl methyl sites for hydroxylation is 2. The standard InChI is InChI=1S/C11H18N6O/c1-4-5-12-6-10-14-15-11(18-10)13-9-7-17(3)16-8(9)2/h7,12H,4-6H2,1-3H3,(H,13,15). The van der Waals surface area contributed by atoms with Crippen LogP contribution in [0.5, 0.6) is 0 Å². The zero-order valence-electron chi connectivity index (χ0n) is 10.9. The quantitative estimate of drug-likeness (QED) is 0.753. The molecule has 0 bridgehead atoms. The first-order valence-electron chi connectivity index (χ1n) is 5.99. The molecule has 98 valence electrons. The Morgan fingerprint density at radius 2 is 2.22 bits per heavy atom. The lowest BCUT2D eigenvalue weighted by atomic mass is 10.4. The van der Waals surface area contributed by atoms with Gasteiger partial charge in [0.15, 0.2) is 0 Å². The van der Waals surface area contributed by atoms with Crippen LogP contribution in [0.1, 0.15) is 24.9 Å². The number of nitrogens with one attached hydrogen (secondary N) is 2. The second-order valence-electron chi connectivity index (χ2n) is 4.10. The highest BCUT2D eigenvalue weighted by atomic mass is 16.4. The fraction of sp³-hybridized carbons (Fsp3) is 0.545. The van der Waals surface area contributed by atoms with Crippen molar-refractivity contribution in [3.8, 4) is 0 Å². The predicted molar refractivity (Wildman–Crippen MR) is 67.5 cm³/mol. The lowest BCUT2D eigenvalue weighted by Crippen LogP contribution is -2.13. The molecule has 0 aliphatic rings. The third-order valence-electron chi connectivity index (χ3n) is 2.42. The van der Waals surface area contributed by atoms with Crippen molar-refractivity contribution in [2.75, 3.05) is 11.9 Å². The Hall–Kier alpha value is -1.89. The average Bonchev–Trinajstić information content (AvgIpc) is 2.88. The molecule has 7 nitrogen and oxygen atoms in total. The van der Waals surface area contributed by atoms with Crippen LogP contribution in [0.4, 0.5) is 11.7 Å². The molecular weight excluding hydrogens is 232 g/mol. The smallest absolute Gasteiger partial charge is 0.320 e. The molecule has 0 atom stereocenters. The van der Waals surface area contributed by atoms with Crippen LogP contribution in [0, 0.1) is 6.92 Å². The van der Waals surface area contributed by atoms with Gasteiger partial charge in [0, 0.05) is 13.2 Å². The molecule has 0 fully saturated rings. The van der Waals surface area contributed by atoms with E-state index in [1.165, 1.54) is 0 Å². The summed E-state index contributed by atoms with van der Waals surface area (Å²) in [6, 6.07) is 0.388.